The van der Waals surface area contributed by atoms with Gasteiger partial charge in [0.15, 0.2) is 5.82 Å². The summed E-state index contributed by atoms with van der Waals surface area (Å²) >= 11 is 0. The van der Waals surface area contributed by atoms with Crippen LogP contribution in [-0.4, -0.2) is 43.0 Å². The molecule has 102 valence electrons. The van der Waals surface area contributed by atoms with Crippen molar-refractivity contribution in [2.75, 3.05) is 13.6 Å². The topological polar surface area (TPSA) is 51.8 Å². The Hall–Kier alpha value is -1.69. The van der Waals surface area contributed by atoms with E-state index in [1.54, 1.807) is 0 Å². The van der Waals surface area contributed by atoms with Gasteiger partial charge in [-0.25, -0.2) is 0 Å². The Labute approximate surface area is 113 Å². The average Bonchev–Trinajstić information content (AvgIpc) is 2.77. The number of rotatable bonds is 1. The van der Waals surface area contributed by atoms with Crippen LogP contribution in [0.3, 0.4) is 0 Å². The minimum Gasteiger partial charge on any atom is -0.313 e. The summed E-state index contributed by atoms with van der Waals surface area (Å²) < 4.78 is 4.14. The Kier molecular flexibility index (Phi) is 2.89. The van der Waals surface area contributed by atoms with Crippen LogP contribution in [-0.2, 0) is 20.1 Å². The van der Waals surface area contributed by atoms with Gasteiger partial charge in [-0.1, -0.05) is 0 Å². The van der Waals surface area contributed by atoms with Crippen LogP contribution >= 0.6 is 0 Å². The van der Waals surface area contributed by atoms with E-state index in [-0.39, 0.29) is 0 Å². The highest BCUT2D eigenvalue weighted by atomic mass is 15.3. The summed E-state index contributed by atoms with van der Waals surface area (Å²) in [6.45, 7) is 7.16. The van der Waals surface area contributed by atoms with Crippen molar-refractivity contribution in [2.24, 2.45) is 7.05 Å². The fourth-order valence-electron chi connectivity index (χ4n) is 2.62. The Morgan fingerprint density at radius 1 is 1.05 bits per heavy atom. The lowest BCUT2D eigenvalue weighted by atomic mass is 10.2. The fourth-order valence-corrected chi connectivity index (χ4v) is 2.62. The Bertz CT molecular complexity index is 609. The van der Waals surface area contributed by atoms with Crippen molar-refractivity contribution in [3.8, 4) is 11.5 Å². The van der Waals surface area contributed by atoms with E-state index in [0.29, 0.717) is 0 Å². The highest BCUT2D eigenvalue weighted by Crippen LogP contribution is 2.25. The van der Waals surface area contributed by atoms with Crippen LogP contribution in [0.15, 0.2) is 0 Å². The molecule has 0 unspecified atom stereocenters. The van der Waals surface area contributed by atoms with Gasteiger partial charge in [0.25, 0.3) is 0 Å². The van der Waals surface area contributed by atoms with Gasteiger partial charge in [0, 0.05) is 32.2 Å². The molecule has 6 nitrogen and oxygen atoms in total. The highest BCUT2D eigenvalue weighted by Gasteiger charge is 2.22. The predicted molar refractivity (Wildman–Crippen MR) is 72.6 cm³/mol. The summed E-state index contributed by atoms with van der Waals surface area (Å²) in [6, 6.07) is 0. The van der Waals surface area contributed by atoms with Crippen LogP contribution < -0.4 is 0 Å². The molecule has 1 aliphatic heterocycles. The molecule has 0 atom stereocenters. The molecule has 6 heteroatoms. The van der Waals surface area contributed by atoms with Crippen molar-refractivity contribution in [2.45, 2.75) is 33.4 Å². The van der Waals surface area contributed by atoms with E-state index in [1.165, 1.54) is 11.3 Å². The van der Waals surface area contributed by atoms with Crippen molar-refractivity contribution < 1.29 is 0 Å². The van der Waals surface area contributed by atoms with Crippen LogP contribution in [0.2, 0.25) is 0 Å². The smallest absolute Gasteiger partial charge is 0.184 e. The van der Waals surface area contributed by atoms with Crippen LogP contribution in [0.4, 0.5) is 0 Å². The molecular weight excluding hydrogens is 240 g/mol. The molecule has 0 radical (unpaired) electrons. The van der Waals surface area contributed by atoms with Gasteiger partial charge in [-0.15, -0.1) is 10.2 Å². The summed E-state index contributed by atoms with van der Waals surface area (Å²) in [5, 5.41) is 13.1. The van der Waals surface area contributed by atoms with Crippen molar-refractivity contribution in [1.29, 1.82) is 0 Å². The Morgan fingerprint density at radius 2 is 1.84 bits per heavy atom. The van der Waals surface area contributed by atoms with Crippen LogP contribution in [0.25, 0.3) is 11.5 Å². The van der Waals surface area contributed by atoms with Gasteiger partial charge in [0.2, 0.25) is 0 Å². The van der Waals surface area contributed by atoms with Crippen LogP contribution in [0.5, 0.6) is 0 Å². The number of aromatic nitrogens is 5. The third-order valence-corrected chi connectivity index (χ3v) is 3.95. The third-order valence-electron chi connectivity index (χ3n) is 3.95. The number of fused-ring (bicyclic) bond motifs is 1. The second-order valence-electron chi connectivity index (χ2n) is 5.36. The molecule has 3 heterocycles. The maximum atomic E-state index is 4.76. The Morgan fingerprint density at radius 3 is 2.53 bits per heavy atom. The number of nitrogens with zero attached hydrogens (tertiary/aromatic N) is 6. The molecule has 0 N–H and O–H groups in total. The van der Waals surface area contributed by atoms with E-state index in [1.807, 2.05) is 18.5 Å². The van der Waals surface area contributed by atoms with Crippen molar-refractivity contribution in [3.63, 3.8) is 0 Å². The molecule has 3 rings (SSSR count). The molecule has 0 aliphatic carbocycles. The lowest BCUT2D eigenvalue weighted by Crippen LogP contribution is -2.17. The summed E-state index contributed by atoms with van der Waals surface area (Å²) in [6.07, 6.45) is 1.14. The molecule has 2 aromatic rings. The van der Waals surface area contributed by atoms with E-state index in [9.17, 15) is 0 Å². The van der Waals surface area contributed by atoms with E-state index in [0.717, 1.165) is 43.4 Å². The van der Waals surface area contributed by atoms with E-state index in [2.05, 4.69) is 33.8 Å². The van der Waals surface area contributed by atoms with Crippen molar-refractivity contribution in [1.82, 2.24) is 29.4 Å². The minimum atomic E-state index is 0.859. The SMILES string of the molecule is Cc1c(-c2nnc(C)n2C)nn2c1CN(C)CCC2. The first kappa shape index (κ1) is 12.3. The van der Waals surface area contributed by atoms with Gasteiger partial charge in [-0.2, -0.15) is 5.10 Å². The maximum absolute atomic E-state index is 4.76. The van der Waals surface area contributed by atoms with Gasteiger partial charge in [-0.3, -0.25) is 4.68 Å². The first-order chi connectivity index (χ1) is 9.08. The summed E-state index contributed by atoms with van der Waals surface area (Å²) in [5.74, 6) is 1.77. The molecule has 2 aromatic heterocycles. The van der Waals surface area contributed by atoms with Crippen molar-refractivity contribution >= 4 is 0 Å². The normalized spacial score (nSPS) is 16.4. The molecule has 0 saturated carbocycles. The molecule has 1 aliphatic rings. The minimum absolute atomic E-state index is 0.859. The second kappa shape index (κ2) is 4.45. The molecule has 0 spiro atoms. The lowest BCUT2D eigenvalue weighted by molar-refractivity contribution is 0.331. The van der Waals surface area contributed by atoms with Gasteiger partial charge >= 0.3 is 0 Å². The highest BCUT2D eigenvalue weighted by molar-refractivity contribution is 5.56. The zero-order chi connectivity index (χ0) is 13.6. The number of aryl methyl sites for hydroxylation is 2. The molecule has 0 fully saturated rings. The fraction of sp³-hybridized carbons (Fsp3) is 0.615. The zero-order valence-corrected chi connectivity index (χ0v) is 12.0. The quantitative estimate of drug-likeness (QED) is 0.771. The summed E-state index contributed by atoms with van der Waals surface area (Å²) in [4.78, 5) is 2.35. The van der Waals surface area contributed by atoms with E-state index >= 15 is 0 Å². The average molecular weight is 260 g/mol. The predicted octanol–water partition coefficient (Wildman–Crippen LogP) is 1.13. The molecule has 0 bridgehead atoms. The summed E-state index contributed by atoms with van der Waals surface area (Å²) in [7, 11) is 4.15. The first-order valence-corrected chi connectivity index (χ1v) is 6.69. The number of hydrogen-bond acceptors (Lipinski definition) is 4. The van der Waals surface area contributed by atoms with Gasteiger partial charge in [0.05, 0.1) is 5.69 Å². The van der Waals surface area contributed by atoms with Gasteiger partial charge in [-0.05, 0) is 27.3 Å². The largest absolute Gasteiger partial charge is 0.313 e. The zero-order valence-electron chi connectivity index (χ0n) is 12.0. The van der Waals surface area contributed by atoms with E-state index < -0.39 is 0 Å². The van der Waals surface area contributed by atoms with Crippen LogP contribution in [0.1, 0.15) is 23.5 Å². The standard InChI is InChI=1S/C13H20N6/c1-9-11-8-17(3)6-5-7-19(11)16-12(9)13-15-14-10(2)18(13)4/h5-8H2,1-4H3. The molecule has 0 amide bonds. The number of hydrogen-bond donors (Lipinski definition) is 0. The molecule has 0 saturated heterocycles. The summed E-state index contributed by atoms with van der Waals surface area (Å²) in [5.41, 5.74) is 3.49. The molecular formula is C13H20N6. The Balaban J connectivity index is 2.10. The van der Waals surface area contributed by atoms with Gasteiger partial charge < -0.3 is 9.47 Å². The monoisotopic (exact) mass is 260 g/mol. The third kappa shape index (κ3) is 1.96. The second-order valence-corrected chi connectivity index (χ2v) is 5.36. The van der Waals surface area contributed by atoms with Crippen LogP contribution in [0, 0.1) is 13.8 Å². The first-order valence-electron chi connectivity index (χ1n) is 6.69. The van der Waals surface area contributed by atoms with E-state index in [4.69, 9.17) is 5.10 Å². The molecule has 0 aromatic carbocycles. The van der Waals surface area contributed by atoms with Crippen molar-refractivity contribution in [3.05, 3.63) is 17.1 Å². The molecule has 19 heavy (non-hydrogen) atoms. The lowest BCUT2D eigenvalue weighted by Gasteiger charge is -2.12. The van der Waals surface area contributed by atoms with Gasteiger partial charge in [0.1, 0.15) is 11.5 Å². The maximum Gasteiger partial charge on any atom is 0.184 e.